The molecule has 1 rings (SSSR count). The van der Waals surface area contributed by atoms with Gasteiger partial charge < -0.3 is 10.6 Å². The number of nitrogens with two attached hydrogens (primary N) is 1. The molecular formula is C10H17BrN4. The Kier molecular flexibility index (Phi) is 4.04. The molecule has 0 aliphatic rings. The Balaban J connectivity index is 2.69. The van der Waals surface area contributed by atoms with Gasteiger partial charge in [-0.15, -0.1) is 0 Å². The van der Waals surface area contributed by atoms with E-state index in [9.17, 15) is 0 Å². The third-order valence-corrected chi connectivity index (χ3v) is 2.58. The van der Waals surface area contributed by atoms with E-state index in [1.165, 1.54) is 0 Å². The van der Waals surface area contributed by atoms with Crippen LogP contribution in [0.1, 0.15) is 13.8 Å². The van der Waals surface area contributed by atoms with Gasteiger partial charge in [-0.3, -0.25) is 0 Å². The molecule has 5 heteroatoms. The van der Waals surface area contributed by atoms with E-state index in [1.54, 1.807) is 12.4 Å². The quantitative estimate of drug-likeness (QED) is 0.906. The number of hydrogen-bond donors (Lipinski definition) is 1. The van der Waals surface area contributed by atoms with Crippen LogP contribution in [-0.2, 0) is 0 Å². The summed E-state index contributed by atoms with van der Waals surface area (Å²) >= 11 is 3.31. The predicted octanol–water partition coefficient (Wildman–Crippen LogP) is 1.66. The minimum atomic E-state index is 0.0746. The van der Waals surface area contributed by atoms with Crippen molar-refractivity contribution in [2.45, 2.75) is 13.8 Å². The van der Waals surface area contributed by atoms with Crippen molar-refractivity contribution in [3.63, 3.8) is 0 Å². The maximum Gasteiger partial charge on any atom is 0.225 e. The third-order valence-electron chi connectivity index (χ3n) is 2.17. The second-order valence-corrected chi connectivity index (χ2v) is 5.34. The number of nitrogens with zero attached hydrogens (tertiary/aromatic N) is 3. The zero-order valence-corrected chi connectivity index (χ0v) is 11.0. The summed E-state index contributed by atoms with van der Waals surface area (Å²) in [5.74, 6) is 0.722. The molecule has 0 saturated heterocycles. The van der Waals surface area contributed by atoms with Gasteiger partial charge in [-0.05, 0) is 27.9 Å². The predicted molar refractivity (Wildman–Crippen MR) is 65.8 cm³/mol. The lowest BCUT2D eigenvalue weighted by Gasteiger charge is -2.28. The van der Waals surface area contributed by atoms with E-state index in [-0.39, 0.29) is 5.41 Å². The largest absolute Gasteiger partial charge is 0.343 e. The highest BCUT2D eigenvalue weighted by atomic mass is 79.9. The second-order valence-electron chi connectivity index (χ2n) is 4.43. The lowest BCUT2D eigenvalue weighted by molar-refractivity contribution is 0.383. The van der Waals surface area contributed by atoms with Crippen LogP contribution in [0.5, 0.6) is 0 Å². The monoisotopic (exact) mass is 272 g/mol. The molecular weight excluding hydrogens is 256 g/mol. The summed E-state index contributed by atoms with van der Waals surface area (Å²) in [6.07, 6.45) is 3.49. The summed E-state index contributed by atoms with van der Waals surface area (Å²) in [4.78, 5) is 10.5. The highest BCUT2D eigenvalue weighted by molar-refractivity contribution is 9.10. The maximum absolute atomic E-state index is 5.68. The Morgan fingerprint density at radius 1 is 1.40 bits per heavy atom. The van der Waals surface area contributed by atoms with E-state index in [0.717, 1.165) is 17.0 Å². The van der Waals surface area contributed by atoms with Crippen LogP contribution in [0.15, 0.2) is 16.9 Å². The molecule has 0 fully saturated rings. The van der Waals surface area contributed by atoms with Crippen molar-refractivity contribution < 1.29 is 0 Å². The van der Waals surface area contributed by atoms with Crippen LogP contribution in [0.3, 0.4) is 0 Å². The van der Waals surface area contributed by atoms with Gasteiger partial charge in [0.15, 0.2) is 0 Å². The topological polar surface area (TPSA) is 55.0 Å². The minimum Gasteiger partial charge on any atom is -0.343 e. The standard InChI is InChI=1S/C10H17BrN4/c1-10(2,6-12)7-15(3)9-13-4-8(11)5-14-9/h4-5H,6-7,12H2,1-3H3. The molecule has 0 aromatic carbocycles. The van der Waals surface area contributed by atoms with E-state index < -0.39 is 0 Å². The number of rotatable bonds is 4. The van der Waals surface area contributed by atoms with Crippen molar-refractivity contribution in [1.29, 1.82) is 0 Å². The molecule has 0 unspecified atom stereocenters. The molecule has 0 atom stereocenters. The van der Waals surface area contributed by atoms with Crippen molar-refractivity contribution in [3.8, 4) is 0 Å². The molecule has 0 spiro atoms. The van der Waals surface area contributed by atoms with E-state index in [0.29, 0.717) is 6.54 Å². The molecule has 0 amide bonds. The van der Waals surface area contributed by atoms with Gasteiger partial charge in [0.2, 0.25) is 5.95 Å². The Morgan fingerprint density at radius 2 is 1.93 bits per heavy atom. The molecule has 1 aromatic heterocycles. The Hall–Kier alpha value is -0.680. The molecule has 1 aromatic rings. The fourth-order valence-corrected chi connectivity index (χ4v) is 1.48. The third kappa shape index (κ3) is 3.76. The molecule has 84 valence electrons. The van der Waals surface area contributed by atoms with Crippen molar-refractivity contribution >= 4 is 21.9 Å². The highest BCUT2D eigenvalue weighted by Gasteiger charge is 2.19. The first-order chi connectivity index (χ1) is 6.94. The SMILES string of the molecule is CN(CC(C)(C)CN)c1ncc(Br)cn1. The maximum atomic E-state index is 5.68. The zero-order valence-electron chi connectivity index (χ0n) is 9.37. The fourth-order valence-electron chi connectivity index (χ4n) is 1.28. The lowest BCUT2D eigenvalue weighted by Crippen LogP contribution is -2.37. The van der Waals surface area contributed by atoms with Crippen LogP contribution >= 0.6 is 15.9 Å². The summed E-state index contributed by atoms with van der Waals surface area (Å²) < 4.78 is 0.887. The summed E-state index contributed by atoms with van der Waals surface area (Å²) in [6, 6.07) is 0. The average Bonchev–Trinajstić information content (AvgIpc) is 2.18. The Morgan fingerprint density at radius 3 is 2.40 bits per heavy atom. The second kappa shape index (κ2) is 4.90. The number of hydrogen-bond acceptors (Lipinski definition) is 4. The van der Waals surface area contributed by atoms with Gasteiger partial charge in [-0.25, -0.2) is 9.97 Å². The molecule has 15 heavy (non-hydrogen) atoms. The van der Waals surface area contributed by atoms with Crippen molar-refractivity contribution in [3.05, 3.63) is 16.9 Å². The molecule has 0 radical (unpaired) electrons. The van der Waals surface area contributed by atoms with Crippen molar-refractivity contribution in [2.24, 2.45) is 11.1 Å². The van der Waals surface area contributed by atoms with E-state index >= 15 is 0 Å². The van der Waals surface area contributed by atoms with Crippen LogP contribution in [0.2, 0.25) is 0 Å². The van der Waals surface area contributed by atoms with Gasteiger partial charge in [0.05, 0.1) is 4.47 Å². The lowest BCUT2D eigenvalue weighted by atomic mass is 9.93. The first-order valence-electron chi connectivity index (χ1n) is 4.83. The van der Waals surface area contributed by atoms with Gasteiger partial charge in [-0.2, -0.15) is 0 Å². The molecule has 0 bridgehead atoms. The summed E-state index contributed by atoms with van der Waals surface area (Å²) in [5, 5.41) is 0. The van der Waals surface area contributed by atoms with Gasteiger partial charge in [0.1, 0.15) is 0 Å². The van der Waals surface area contributed by atoms with Crippen LogP contribution in [-0.4, -0.2) is 30.1 Å². The molecule has 1 heterocycles. The van der Waals surface area contributed by atoms with E-state index in [1.807, 2.05) is 11.9 Å². The Labute approximate surface area is 99.0 Å². The van der Waals surface area contributed by atoms with E-state index in [4.69, 9.17) is 5.73 Å². The Bertz CT molecular complexity index is 310. The number of aromatic nitrogens is 2. The first-order valence-corrected chi connectivity index (χ1v) is 5.63. The molecule has 4 nitrogen and oxygen atoms in total. The summed E-state index contributed by atoms with van der Waals surface area (Å²) in [5.41, 5.74) is 5.76. The summed E-state index contributed by atoms with van der Waals surface area (Å²) in [6.45, 7) is 5.74. The van der Waals surface area contributed by atoms with E-state index in [2.05, 4.69) is 39.7 Å². The highest BCUT2D eigenvalue weighted by Crippen LogP contribution is 2.17. The minimum absolute atomic E-state index is 0.0746. The average molecular weight is 273 g/mol. The van der Waals surface area contributed by atoms with Gasteiger partial charge >= 0.3 is 0 Å². The van der Waals surface area contributed by atoms with Crippen molar-refractivity contribution in [1.82, 2.24) is 9.97 Å². The zero-order chi connectivity index (χ0) is 11.5. The van der Waals surface area contributed by atoms with Crippen LogP contribution in [0.25, 0.3) is 0 Å². The van der Waals surface area contributed by atoms with Crippen LogP contribution in [0.4, 0.5) is 5.95 Å². The smallest absolute Gasteiger partial charge is 0.225 e. The summed E-state index contributed by atoms with van der Waals surface area (Å²) in [7, 11) is 1.97. The number of halogens is 1. The molecule has 0 saturated carbocycles. The molecule has 0 aliphatic heterocycles. The van der Waals surface area contributed by atoms with Gasteiger partial charge in [0.25, 0.3) is 0 Å². The normalized spacial score (nSPS) is 11.5. The van der Waals surface area contributed by atoms with Gasteiger partial charge in [0, 0.05) is 26.0 Å². The first kappa shape index (κ1) is 12.4. The molecule has 2 N–H and O–H groups in total. The van der Waals surface area contributed by atoms with Gasteiger partial charge in [-0.1, -0.05) is 13.8 Å². The fraction of sp³-hybridized carbons (Fsp3) is 0.600. The van der Waals surface area contributed by atoms with Crippen LogP contribution in [0, 0.1) is 5.41 Å². The molecule has 0 aliphatic carbocycles. The number of anilines is 1. The van der Waals surface area contributed by atoms with Crippen molar-refractivity contribution in [2.75, 3.05) is 25.0 Å². The van der Waals surface area contributed by atoms with Crippen LogP contribution < -0.4 is 10.6 Å².